The summed E-state index contributed by atoms with van der Waals surface area (Å²) in [5.74, 6) is -0.452. The molecule has 4 heteroatoms. The minimum atomic E-state index is -1.06. The van der Waals surface area contributed by atoms with E-state index < -0.39 is 16.4 Å². The number of unbranched alkanes of at least 4 members (excludes halogenated alkanes) is 1. The van der Waals surface area contributed by atoms with Gasteiger partial charge in [-0.2, -0.15) is 0 Å². The number of esters is 1. The van der Waals surface area contributed by atoms with Crippen molar-refractivity contribution in [1.82, 2.24) is 0 Å². The number of ether oxygens (including phenoxy) is 1. The summed E-state index contributed by atoms with van der Waals surface area (Å²) in [4.78, 5) is 25.2. The molecule has 2 aliphatic rings. The predicted octanol–water partition coefficient (Wildman–Crippen LogP) is 4.09. The third-order valence-electron chi connectivity index (χ3n) is 6.48. The van der Waals surface area contributed by atoms with E-state index in [0.29, 0.717) is 12.8 Å². The Morgan fingerprint density at radius 2 is 1.83 bits per heavy atom. The number of aryl methyl sites for hydroxylation is 1. The van der Waals surface area contributed by atoms with Crippen LogP contribution in [0.3, 0.4) is 0 Å². The van der Waals surface area contributed by atoms with Crippen LogP contribution >= 0.6 is 0 Å². The fraction of sp³-hybridized carbons (Fsp3) is 0.600. The van der Waals surface area contributed by atoms with Crippen molar-refractivity contribution < 1.29 is 14.3 Å². The number of carbonyl (C=O) groups excluding carboxylic acids is 2. The van der Waals surface area contributed by atoms with Gasteiger partial charge in [0, 0.05) is 11.1 Å². The molecule has 1 aromatic rings. The lowest BCUT2D eigenvalue weighted by Gasteiger charge is -2.35. The minimum Gasteiger partial charge on any atom is -0.448 e. The zero-order valence-electron chi connectivity index (χ0n) is 15.1. The second-order valence-electron chi connectivity index (χ2n) is 7.93. The van der Waals surface area contributed by atoms with Gasteiger partial charge in [-0.1, -0.05) is 39.3 Å². The zero-order chi connectivity index (χ0) is 17.6. The van der Waals surface area contributed by atoms with E-state index in [0.717, 1.165) is 18.5 Å². The van der Waals surface area contributed by atoms with E-state index in [4.69, 9.17) is 4.74 Å². The number of amides is 1. The molecule has 1 N–H and O–H groups in total. The molecule has 1 heterocycles. The molecule has 0 unspecified atom stereocenters. The number of benzene rings is 1. The first-order valence-corrected chi connectivity index (χ1v) is 8.91. The number of hydrogen-bond donors (Lipinski definition) is 1. The Bertz CT molecular complexity index is 664. The van der Waals surface area contributed by atoms with Gasteiger partial charge in [-0.25, -0.2) is 0 Å². The van der Waals surface area contributed by atoms with Gasteiger partial charge in [0.2, 0.25) is 0 Å². The van der Waals surface area contributed by atoms with Gasteiger partial charge in [0.05, 0.1) is 5.41 Å². The van der Waals surface area contributed by atoms with Crippen LogP contribution in [0.25, 0.3) is 0 Å². The molecule has 3 rings (SSSR count). The van der Waals surface area contributed by atoms with Crippen LogP contribution in [0, 0.1) is 10.8 Å². The summed E-state index contributed by atoms with van der Waals surface area (Å²) in [6.07, 6.45) is 4.67. The first-order valence-electron chi connectivity index (χ1n) is 8.91. The lowest BCUT2D eigenvalue weighted by Crippen LogP contribution is -2.50. The molecule has 1 aromatic carbocycles. The lowest BCUT2D eigenvalue weighted by molar-refractivity contribution is -0.165. The molecule has 1 aliphatic carbocycles. The van der Waals surface area contributed by atoms with Crippen LogP contribution in [0.2, 0.25) is 0 Å². The van der Waals surface area contributed by atoms with E-state index in [9.17, 15) is 9.59 Å². The highest BCUT2D eigenvalue weighted by molar-refractivity contribution is 6.03. The van der Waals surface area contributed by atoms with E-state index >= 15 is 0 Å². The molecule has 24 heavy (non-hydrogen) atoms. The van der Waals surface area contributed by atoms with Gasteiger partial charge in [0.1, 0.15) is 0 Å². The fourth-order valence-corrected chi connectivity index (χ4v) is 4.11. The van der Waals surface area contributed by atoms with E-state index in [1.807, 2.05) is 45.0 Å². The van der Waals surface area contributed by atoms with Gasteiger partial charge in [-0.15, -0.1) is 0 Å². The molecule has 1 aliphatic heterocycles. The number of rotatable bonds is 5. The van der Waals surface area contributed by atoms with Gasteiger partial charge < -0.3 is 10.1 Å². The number of carbonyl (C=O) groups is 2. The topological polar surface area (TPSA) is 55.4 Å². The Balaban J connectivity index is 1.77. The van der Waals surface area contributed by atoms with Crippen molar-refractivity contribution in [2.24, 2.45) is 10.8 Å². The molecule has 2 atom stereocenters. The second-order valence-corrected chi connectivity index (χ2v) is 7.93. The molecular weight excluding hydrogens is 302 g/mol. The molecule has 0 aromatic heterocycles. The Kier molecular flexibility index (Phi) is 3.97. The third kappa shape index (κ3) is 2.19. The number of anilines is 1. The molecule has 1 saturated carbocycles. The normalized spacial score (nSPS) is 30.2. The van der Waals surface area contributed by atoms with Crippen molar-refractivity contribution in [3.8, 4) is 0 Å². The second kappa shape index (κ2) is 5.61. The maximum atomic E-state index is 13.0. The monoisotopic (exact) mass is 329 g/mol. The van der Waals surface area contributed by atoms with Crippen molar-refractivity contribution in [2.75, 3.05) is 5.32 Å². The number of hydrogen-bond acceptors (Lipinski definition) is 3. The maximum Gasteiger partial charge on any atom is 0.313 e. The number of nitrogens with one attached hydrogen (secondary N) is 1. The van der Waals surface area contributed by atoms with Gasteiger partial charge >= 0.3 is 5.97 Å². The zero-order valence-corrected chi connectivity index (χ0v) is 15.1. The Morgan fingerprint density at radius 1 is 1.17 bits per heavy atom. The van der Waals surface area contributed by atoms with Crippen LogP contribution in [0.15, 0.2) is 24.3 Å². The molecule has 1 amide bonds. The van der Waals surface area contributed by atoms with E-state index in [-0.39, 0.29) is 11.9 Å². The van der Waals surface area contributed by atoms with E-state index in [1.54, 1.807) is 0 Å². The van der Waals surface area contributed by atoms with Gasteiger partial charge in [-0.3, -0.25) is 9.59 Å². The molecule has 130 valence electrons. The lowest BCUT2D eigenvalue weighted by atomic mass is 9.66. The average molecular weight is 329 g/mol. The first kappa shape index (κ1) is 17.0. The summed E-state index contributed by atoms with van der Waals surface area (Å²) in [5.41, 5.74) is -0.118. The summed E-state index contributed by atoms with van der Waals surface area (Å²) in [6, 6.07) is 7.95. The number of fused-ring (bicyclic) bond motifs is 2. The Labute approximate surface area is 144 Å². The Morgan fingerprint density at radius 3 is 2.33 bits per heavy atom. The molecule has 4 nitrogen and oxygen atoms in total. The highest BCUT2D eigenvalue weighted by Gasteiger charge is 2.75. The molecule has 1 saturated heterocycles. The fourth-order valence-electron chi connectivity index (χ4n) is 4.11. The standard InChI is InChI=1S/C20H27NO3/c1-5-6-7-14-8-10-15(11-9-14)21-16(22)20-13-12-19(4,17(23)24-20)18(20,2)3/h8-11H,5-7,12-13H2,1-4H3,(H,21,22)/t19-,20-/m0/s1. The van der Waals surface area contributed by atoms with Crippen molar-refractivity contribution in [3.63, 3.8) is 0 Å². The highest BCUT2D eigenvalue weighted by atomic mass is 16.6. The smallest absolute Gasteiger partial charge is 0.313 e. The molecule has 0 spiro atoms. The van der Waals surface area contributed by atoms with Crippen molar-refractivity contribution in [3.05, 3.63) is 29.8 Å². The molecule has 2 bridgehead atoms. The van der Waals surface area contributed by atoms with Crippen LogP contribution < -0.4 is 5.32 Å². The van der Waals surface area contributed by atoms with Gasteiger partial charge in [0.25, 0.3) is 5.91 Å². The minimum absolute atomic E-state index is 0.205. The van der Waals surface area contributed by atoms with Crippen LogP contribution in [0.5, 0.6) is 0 Å². The van der Waals surface area contributed by atoms with Crippen LogP contribution in [0.1, 0.15) is 58.9 Å². The third-order valence-corrected chi connectivity index (χ3v) is 6.48. The molecule has 2 fully saturated rings. The van der Waals surface area contributed by atoms with E-state index in [2.05, 4.69) is 12.2 Å². The van der Waals surface area contributed by atoms with Gasteiger partial charge in [0.15, 0.2) is 5.60 Å². The van der Waals surface area contributed by atoms with Crippen LogP contribution in [0.4, 0.5) is 5.69 Å². The maximum absolute atomic E-state index is 13.0. The SMILES string of the molecule is CCCCc1ccc(NC(=O)[C@]23CC[C@@](C)(C(=O)O2)C3(C)C)cc1. The van der Waals surface area contributed by atoms with Crippen LogP contribution in [-0.2, 0) is 20.7 Å². The summed E-state index contributed by atoms with van der Waals surface area (Å²) in [7, 11) is 0. The summed E-state index contributed by atoms with van der Waals surface area (Å²) < 4.78 is 5.63. The van der Waals surface area contributed by atoms with Crippen molar-refractivity contribution in [2.45, 2.75) is 65.4 Å². The van der Waals surface area contributed by atoms with Crippen molar-refractivity contribution in [1.29, 1.82) is 0 Å². The molecule has 0 radical (unpaired) electrons. The molecular formula is C20H27NO3. The van der Waals surface area contributed by atoms with Crippen LogP contribution in [-0.4, -0.2) is 17.5 Å². The summed E-state index contributed by atoms with van der Waals surface area (Å²) in [6.45, 7) is 8.03. The average Bonchev–Trinajstić information content (AvgIpc) is 2.84. The first-order chi connectivity index (χ1) is 11.3. The Hall–Kier alpha value is -1.84. The highest BCUT2D eigenvalue weighted by Crippen LogP contribution is 2.65. The quantitative estimate of drug-likeness (QED) is 0.828. The summed E-state index contributed by atoms with van der Waals surface area (Å²) >= 11 is 0. The van der Waals surface area contributed by atoms with E-state index in [1.165, 1.54) is 12.0 Å². The van der Waals surface area contributed by atoms with Gasteiger partial charge in [-0.05, 0) is 50.3 Å². The summed E-state index contributed by atoms with van der Waals surface area (Å²) in [5, 5.41) is 2.96. The predicted molar refractivity (Wildman–Crippen MR) is 93.6 cm³/mol. The largest absolute Gasteiger partial charge is 0.448 e. The van der Waals surface area contributed by atoms with Crippen molar-refractivity contribution >= 4 is 17.6 Å².